The molecule has 146 valence electrons. The van der Waals surface area contributed by atoms with Gasteiger partial charge in [0, 0.05) is 37.0 Å². The fraction of sp³-hybridized carbons (Fsp3) is 0.261. The van der Waals surface area contributed by atoms with Gasteiger partial charge < -0.3 is 10.2 Å². The summed E-state index contributed by atoms with van der Waals surface area (Å²) in [6, 6.07) is 16.5. The molecule has 0 aliphatic carbocycles. The Morgan fingerprint density at radius 3 is 2.55 bits per heavy atom. The Hall–Kier alpha value is -3.12. The first-order valence-electron chi connectivity index (χ1n) is 9.78. The molecular formula is C23H21FN4O. The molecule has 29 heavy (non-hydrogen) atoms. The molecule has 5 rings (SSSR count). The lowest BCUT2D eigenvalue weighted by Crippen LogP contribution is -2.62. The van der Waals surface area contributed by atoms with Crippen LogP contribution < -0.4 is 5.32 Å². The van der Waals surface area contributed by atoms with E-state index in [1.165, 1.54) is 6.07 Å². The molecule has 2 aliphatic rings. The molecular weight excluding hydrogens is 367 g/mol. The molecule has 1 aromatic heterocycles. The predicted octanol–water partition coefficient (Wildman–Crippen LogP) is 2.96. The van der Waals surface area contributed by atoms with Crippen LogP contribution in [0, 0.1) is 11.2 Å². The topological polar surface area (TPSA) is 58.1 Å². The van der Waals surface area contributed by atoms with E-state index in [2.05, 4.69) is 10.3 Å². The normalized spacial score (nSPS) is 16.9. The third-order valence-electron chi connectivity index (χ3n) is 5.84. The molecule has 6 heteroatoms. The lowest BCUT2D eigenvalue weighted by molar-refractivity contribution is -0.146. The molecule has 0 saturated carbocycles. The summed E-state index contributed by atoms with van der Waals surface area (Å²) in [7, 11) is 0. The minimum atomic E-state index is -0.597. The number of aromatic nitrogens is 2. The van der Waals surface area contributed by atoms with Gasteiger partial charge in [-0.2, -0.15) is 0 Å². The molecule has 1 N–H and O–H groups in total. The van der Waals surface area contributed by atoms with Crippen molar-refractivity contribution in [3.63, 3.8) is 0 Å². The van der Waals surface area contributed by atoms with Crippen LogP contribution in [0.3, 0.4) is 0 Å². The average molecular weight is 388 g/mol. The smallest absolute Gasteiger partial charge is 0.232 e. The van der Waals surface area contributed by atoms with Crippen molar-refractivity contribution >= 4 is 5.91 Å². The second-order valence-corrected chi connectivity index (χ2v) is 7.84. The molecule has 0 unspecified atom stereocenters. The van der Waals surface area contributed by atoms with Crippen LogP contribution in [0.15, 0.2) is 60.8 Å². The van der Waals surface area contributed by atoms with Crippen molar-refractivity contribution in [1.82, 2.24) is 20.2 Å². The molecule has 3 heterocycles. The molecule has 2 aromatic carbocycles. The Labute approximate surface area is 168 Å². The molecule has 0 spiro atoms. The van der Waals surface area contributed by atoms with Crippen molar-refractivity contribution in [1.29, 1.82) is 0 Å². The van der Waals surface area contributed by atoms with E-state index in [0.29, 0.717) is 44.0 Å². The highest BCUT2D eigenvalue weighted by Crippen LogP contribution is 2.34. The molecule has 1 fully saturated rings. The van der Waals surface area contributed by atoms with E-state index >= 15 is 0 Å². The third-order valence-corrected chi connectivity index (χ3v) is 5.84. The summed E-state index contributed by atoms with van der Waals surface area (Å²) in [4.78, 5) is 24.4. The van der Waals surface area contributed by atoms with Gasteiger partial charge in [0.15, 0.2) is 5.82 Å². The van der Waals surface area contributed by atoms with Crippen LogP contribution in [-0.4, -0.2) is 33.9 Å². The molecule has 3 aromatic rings. The molecule has 0 bridgehead atoms. The van der Waals surface area contributed by atoms with Gasteiger partial charge in [-0.15, -0.1) is 0 Å². The van der Waals surface area contributed by atoms with Gasteiger partial charge in [-0.3, -0.25) is 4.79 Å². The zero-order chi connectivity index (χ0) is 19.8. The first-order chi connectivity index (χ1) is 14.1. The molecule has 5 nitrogen and oxygen atoms in total. The van der Waals surface area contributed by atoms with E-state index < -0.39 is 5.41 Å². The van der Waals surface area contributed by atoms with Gasteiger partial charge in [0.25, 0.3) is 0 Å². The van der Waals surface area contributed by atoms with Crippen LogP contribution in [0.2, 0.25) is 0 Å². The van der Waals surface area contributed by atoms with E-state index in [0.717, 1.165) is 16.8 Å². The quantitative estimate of drug-likeness (QED) is 0.747. The summed E-state index contributed by atoms with van der Waals surface area (Å²) < 4.78 is 14.2. The van der Waals surface area contributed by atoms with E-state index in [1.54, 1.807) is 12.1 Å². The molecule has 0 atom stereocenters. The average Bonchev–Trinajstić information content (AvgIpc) is 3.15. The first-order valence-corrected chi connectivity index (χ1v) is 9.78. The second-order valence-electron chi connectivity index (χ2n) is 7.84. The largest absolute Gasteiger partial charge is 0.332 e. The zero-order valence-corrected chi connectivity index (χ0v) is 15.9. The number of carbonyl (C=O) groups is 1. The van der Waals surface area contributed by atoms with Gasteiger partial charge in [-0.1, -0.05) is 48.5 Å². The number of nitrogens with one attached hydrogen (secondary N) is 1. The standard InChI is InChI=1S/C23H21FN4O/c24-19-9-5-4-8-17(19)10-23(14-25-15-23)22(29)28-12-18-11-26-21(27-20(18)13-28)16-6-2-1-3-7-16/h1-9,11,25H,10,12-15H2. The van der Waals surface area contributed by atoms with Crippen molar-refractivity contribution in [2.24, 2.45) is 5.41 Å². The molecule has 1 saturated heterocycles. The number of benzene rings is 2. The number of halogens is 1. The molecule has 2 aliphatic heterocycles. The van der Waals surface area contributed by atoms with Gasteiger partial charge in [0.05, 0.1) is 17.7 Å². The summed E-state index contributed by atoms with van der Waals surface area (Å²) in [5.41, 5.74) is 2.82. The minimum Gasteiger partial charge on any atom is -0.332 e. The van der Waals surface area contributed by atoms with Crippen LogP contribution in [0.4, 0.5) is 4.39 Å². The van der Waals surface area contributed by atoms with E-state index in [-0.39, 0.29) is 11.7 Å². The van der Waals surface area contributed by atoms with Gasteiger partial charge in [-0.25, -0.2) is 14.4 Å². The maximum absolute atomic E-state index is 14.2. The third kappa shape index (κ3) is 3.19. The maximum Gasteiger partial charge on any atom is 0.232 e. The van der Waals surface area contributed by atoms with Crippen LogP contribution in [0.25, 0.3) is 11.4 Å². The lowest BCUT2D eigenvalue weighted by atomic mass is 9.75. The molecule has 0 radical (unpaired) electrons. The highest BCUT2D eigenvalue weighted by molar-refractivity contribution is 5.85. The van der Waals surface area contributed by atoms with Gasteiger partial charge in [0.1, 0.15) is 5.82 Å². The number of rotatable bonds is 4. The predicted molar refractivity (Wildman–Crippen MR) is 107 cm³/mol. The number of nitrogens with zero attached hydrogens (tertiary/aromatic N) is 3. The van der Waals surface area contributed by atoms with Crippen molar-refractivity contribution in [3.8, 4) is 11.4 Å². The summed E-state index contributed by atoms with van der Waals surface area (Å²) in [6.07, 6.45) is 2.22. The van der Waals surface area contributed by atoms with Crippen LogP contribution >= 0.6 is 0 Å². The Balaban J connectivity index is 1.37. The van der Waals surface area contributed by atoms with E-state index in [9.17, 15) is 9.18 Å². The van der Waals surface area contributed by atoms with Crippen LogP contribution in [0.5, 0.6) is 0 Å². The monoisotopic (exact) mass is 388 g/mol. The summed E-state index contributed by atoms with van der Waals surface area (Å²) in [5.74, 6) is 0.471. The second kappa shape index (κ2) is 7.04. The lowest BCUT2D eigenvalue weighted by Gasteiger charge is -2.43. The number of carbonyl (C=O) groups excluding carboxylic acids is 1. The SMILES string of the molecule is O=C(N1Cc2cnc(-c3ccccc3)nc2C1)C1(Cc2ccccc2F)CNC1. The van der Waals surface area contributed by atoms with Crippen molar-refractivity contribution in [2.45, 2.75) is 19.5 Å². The Morgan fingerprint density at radius 2 is 1.83 bits per heavy atom. The summed E-state index contributed by atoms with van der Waals surface area (Å²) in [6.45, 7) is 2.10. The number of hydrogen-bond acceptors (Lipinski definition) is 4. The van der Waals surface area contributed by atoms with Crippen LogP contribution in [0.1, 0.15) is 16.8 Å². The van der Waals surface area contributed by atoms with Crippen molar-refractivity contribution in [2.75, 3.05) is 13.1 Å². The van der Waals surface area contributed by atoms with Gasteiger partial charge in [0.2, 0.25) is 5.91 Å². The van der Waals surface area contributed by atoms with Crippen molar-refractivity contribution in [3.05, 3.63) is 83.4 Å². The Morgan fingerprint density at radius 1 is 1.07 bits per heavy atom. The summed E-state index contributed by atoms with van der Waals surface area (Å²) >= 11 is 0. The minimum absolute atomic E-state index is 0.0544. The highest BCUT2D eigenvalue weighted by atomic mass is 19.1. The fourth-order valence-corrected chi connectivity index (χ4v) is 4.14. The van der Waals surface area contributed by atoms with Crippen LogP contribution in [-0.2, 0) is 24.3 Å². The number of amides is 1. The fourth-order valence-electron chi connectivity index (χ4n) is 4.14. The van der Waals surface area contributed by atoms with Crippen molar-refractivity contribution < 1.29 is 9.18 Å². The zero-order valence-electron chi connectivity index (χ0n) is 15.9. The van der Waals surface area contributed by atoms with Gasteiger partial charge >= 0.3 is 0 Å². The Bertz CT molecular complexity index is 1070. The van der Waals surface area contributed by atoms with Gasteiger partial charge in [-0.05, 0) is 18.1 Å². The Kier molecular flexibility index (Phi) is 4.36. The summed E-state index contributed by atoms with van der Waals surface area (Å²) in [5, 5.41) is 3.20. The van der Waals surface area contributed by atoms with E-state index in [1.807, 2.05) is 47.5 Å². The number of fused-ring (bicyclic) bond motifs is 1. The number of hydrogen-bond donors (Lipinski definition) is 1. The van der Waals surface area contributed by atoms with E-state index in [4.69, 9.17) is 4.98 Å². The first kappa shape index (κ1) is 17.9. The maximum atomic E-state index is 14.2. The molecule has 1 amide bonds. The highest BCUT2D eigenvalue weighted by Gasteiger charge is 2.47.